The maximum Gasteiger partial charge on any atom is 0.339 e. The molecule has 21 heavy (non-hydrogen) atoms. The molecule has 4 nitrogen and oxygen atoms in total. The molecule has 2 aromatic carbocycles. The van der Waals surface area contributed by atoms with E-state index in [0.717, 1.165) is 0 Å². The van der Waals surface area contributed by atoms with Crippen LogP contribution in [0.2, 0.25) is 0 Å². The van der Waals surface area contributed by atoms with E-state index in [0.29, 0.717) is 15.7 Å². The van der Waals surface area contributed by atoms with E-state index in [4.69, 9.17) is 15.7 Å². The van der Waals surface area contributed by atoms with Gasteiger partial charge in [-0.25, -0.2) is 9.18 Å². The van der Waals surface area contributed by atoms with Crippen molar-refractivity contribution in [1.82, 2.24) is 0 Å². The topological polar surface area (TPSA) is 76.1 Å². The largest absolute Gasteiger partial charge is 0.457 e. The van der Waals surface area contributed by atoms with Gasteiger partial charge in [0, 0.05) is 11.3 Å². The highest BCUT2D eigenvalue weighted by Crippen LogP contribution is 2.24. The van der Waals surface area contributed by atoms with Crippen LogP contribution in [0.25, 0.3) is 0 Å². The summed E-state index contributed by atoms with van der Waals surface area (Å²) in [5, 5.41) is 8.94. The first-order valence-electron chi connectivity index (χ1n) is 5.92. The highest BCUT2D eigenvalue weighted by Gasteiger charge is 2.14. The van der Waals surface area contributed by atoms with Crippen LogP contribution >= 0.6 is 15.9 Å². The van der Waals surface area contributed by atoms with Gasteiger partial charge in [0.2, 0.25) is 0 Å². The summed E-state index contributed by atoms with van der Waals surface area (Å²) in [6.07, 6.45) is 0. The molecule has 6 heteroatoms. The van der Waals surface area contributed by atoms with Gasteiger partial charge in [-0.05, 0) is 46.3 Å². The Hall–Kier alpha value is -2.39. The van der Waals surface area contributed by atoms with Gasteiger partial charge < -0.3 is 10.5 Å². The first-order valence-corrected chi connectivity index (χ1v) is 6.72. The molecule has 0 radical (unpaired) electrons. The molecule has 0 heterocycles. The number of benzene rings is 2. The SMILES string of the molecule is N#Cc1ccc(F)cc1COC(=O)c1cccc(N)c1Br. The lowest BCUT2D eigenvalue weighted by molar-refractivity contribution is 0.0471. The molecule has 2 N–H and O–H groups in total. The normalized spacial score (nSPS) is 9.95. The molecule has 2 aromatic rings. The zero-order valence-electron chi connectivity index (χ0n) is 10.8. The second kappa shape index (κ2) is 6.37. The van der Waals surface area contributed by atoms with Crippen LogP contribution < -0.4 is 5.73 Å². The van der Waals surface area contributed by atoms with Crippen molar-refractivity contribution in [2.24, 2.45) is 0 Å². The lowest BCUT2D eigenvalue weighted by Crippen LogP contribution is -2.08. The molecule has 0 aliphatic rings. The second-order valence-corrected chi connectivity index (χ2v) is 4.99. The number of nitrogens with zero attached hydrogens (tertiary/aromatic N) is 1. The number of hydrogen-bond donors (Lipinski definition) is 1. The van der Waals surface area contributed by atoms with Crippen LogP contribution in [0.4, 0.5) is 10.1 Å². The van der Waals surface area contributed by atoms with Crippen molar-refractivity contribution in [1.29, 1.82) is 5.26 Å². The van der Waals surface area contributed by atoms with E-state index in [9.17, 15) is 9.18 Å². The van der Waals surface area contributed by atoms with E-state index in [2.05, 4.69) is 15.9 Å². The molecule has 2 rings (SSSR count). The lowest BCUT2D eigenvalue weighted by atomic mass is 10.1. The summed E-state index contributed by atoms with van der Waals surface area (Å²) in [5.74, 6) is -1.10. The average molecular weight is 349 g/mol. The summed E-state index contributed by atoms with van der Waals surface area (Å²) < 4.78 is 18.7. The van der Waals surface area contributed by atoms with Crippen LogP contribution in [0.3, 0.4) is 0 Å². The Labute approximate surface area is 129 Å². The Morgan fingerprint density at radius 1 is 1.38 bits per heavy atom. The standard InChI is InChI=1S/C15H10BrFN2O2/c16-14-12(2-1-3-13(14)19)15(20)21-8-10-6-11(17)5-4-9(10)7-18/h1-6H,8,19H2. The Balaban J connectivity index is 2.17. The van der Waals surface area contributed by atoms with E-state index < -0.39 is 11.8 Å². The Morgan fingerprint density at radius 3 is 2.86 bits per heavy atom. The number of esters is 1. The summed E-state index contributed by atoms with van der Waals surface area (Å²) in [6.45, 7) is -0.194. The van der Waals surface area contributed by atoms with E-state index in [1.54, 1.807) is 18.2 Å². The van der Waals surface area contributed by atoms with Gasteiger partial charge in [0.1, 0.15) is 12.4 Å². The van der Waals surface area contributed by atoms with Crippen molar-refractivity contribution in [2.45, 2.75) is 6.61 Å². The predicted octanol–water partition coefficient (Wildman–Crippen LogP) is 3.40. The summed E-state index contributed by atoms with van der Waals surface area (Å²) in [4.78, 5) is 12.0. The summed E-state index contributed by atoms with van der Waals surface area (Å²) in [7, 11) is 0. The van der Waals surface area contributed by atoms with Crippen molar-refractivity contribution in [2.75, 3.05) is 5.73 Å². The molecular weight excluding hydrogens is 339 g/mol. The number of ether oxygens (including phenoxy) is 1. The smallest absolute Gasteiger partial charge is 0.339 e. The van der Waals surface area contributed by atoms with Gasteiger partial charge in [-0.2, -0.15) is 5.26 Å². The zero-order valence-corrected chi connectivity index (χ0v) is 12.4. The molecular formula is C15H10BrFN2O2. The third kappa shape index (κ3) is 3.38. The zero-order chi connectivity index (χ0) is 15.4. The molecule has 0 amide bonds. The Bertz CT molecular complexity index is 741. The number of nitrogen functional groups attached to an aromatic ring is 1. The maximum absolute atomic E-state index is 13.2. The van der Waals surface area contributed by atoms with E-state index in [1.165, 1.54) is 18.2 Å². The van der Waals surface area contributed by atoms with Gasteiger partial charge >= 0.3 is 5.97 Å². The number of nitrogens with two attached hydrogens (primary N) is 1. The number of nitriles is 1. The summed E-state index contributed by atoms with van der Waals surface area (Å²) in [5.41, 5.74) is 6.93. The van der Waals surface area contributed by atoms with Gasteiger partial charge in [-0.3, -0.25) is 0 Å². The Morgan fingerprint density at radius 2 is 2.14 bits per heavy atom. The summed E-state index contributed by atoms with van der Waals surface area (Å²) >= 11 is 3.21. The minimum absolute atomic E-state index is 0.194. The predicted molar refractivity (Wildman–Crippen MR) is 78.8 cm³/mol. The van der Waals surface area contributed by atoms with Gasteiger partial charge in [-0.15, -0.1) is 0 Å². The number of carbonyl (C=O) groups is 1. The first-order chi connectivity index (χ1) is 10.0. The third-order valence-corrected chi connectivity index (χ3v) is 3.68. The summed E-state index contributed by atoms with van der Waals surface area (Å²) in [6, 6.07) is 10.4. The molecule has 0 aromatic heterocycles. The molecule has 0 atom stereocenters. The van der Waals surface area contributed by atoms with E-state index in [1.807, 2.05) is 6.07 Å². The number of carbonyl (C=O) groups excluding carboxylic acids is 1. The van der Waals surface area contributed by atoms with E-state index in [-0.39, 0.29) is 17.7 Å². The first kappa shape index (κ1) is 15.0. The second-order valence-electron chi connectivity index (χ2n) is 4.20. The number of anilines is 1. The van der Waals surface area contributed by atoms with Gasteiger partial charge in [0.25, 0.3) is 0 Å². The molecule has 0 bridgehead atoms. The minimum Gasteiger partial charge on any atom is -0.457 e. The highest BCUT2D eigenvalue weighted by molar-refractivity contribution is 9.10. The number of hydrogen-bond acceptors (Lipinski definition) is 4. The monoisotopic (exact) mass is 348 g/mol. The van der Waals surface area contributed by atoms with Crippen molar-refractivity contribution in [3.05, 3.63) is 63.4 Å². The van der Waals surface area contributed by atoms with Crippen LogP contribution in [-0.2, 0) is 11.3 Å². The fourth-order valence-electron chi connectivity index (χ4n) is 1.72. The van der Waals surface area contributed by atoms with Crippen LogP contribution in [0.5, 0.6) is 0 Å². The fourth-order valence-corrected chi connectivity index (χ4v) is 2.15. The van der Waals surface area contributed by atoms with Crippen LogP contribution in [0.1, 0.15) is 21.5 Å². The molecule has 0 saturated carbocycles. The fraction of sp³-hybridized carbons (Fsp3) is 0.0667. The van der Waals surface area contributed by atoms with Gasteiger partial charge in [0.05, 0.1) is 21.7 Å². The molecule has 0 aliphatic carbocycles. The number of halogens is 2. The highest BCUT2D eigenvalue weighted by atomic mass is 79.9. The molecule has 106 valence electrons. The molecule has 0 unspecified atom stereocenters. The van der Waals surface area contributed by atoms with Crippen LogP contribution in [0.15, 0.2) is 40.9 Å². The molecule has 0 spiro atoms. The number of rotatable bonds is 3. The maximum atomic E-state index is 13.2. The van der Waals surface area contributed by atoms with Crippen molar-refractivity contribution < 1.29 is 13.9 Å². The van der Waals surface area contributed by atoms with Crippen molar-refractivity contribution in [3.63, 3.8) is 0 Å². The van der Waals surface area contributed by atoms with Gasteiger partial charge in [0.15, 0.2) is 0 Å². The van der Waals surface area contributed by atoms with Gasteiger partial charge in [-0.1, -0.05) is 6.07 Å². The van der Waals surface area contributed by atoms with Crippen molar-refractivity contribution >= 4 is 27.6 Å². The van der Waals surface area contributed by atoms with Crippen molar-refractivity contribution in [3.8, 4) is 6.07 Å². The molecule has 0 fully saturated rings. The van der Waals surface area contributed by atoms with E-state index >= 15 is 0 Å². The lowest BCUT2D eigenvalue weighted by Gasteiger charge is -2.09. The Kier molecular flexibility index (Phi) is 4.55. The third-order valence-electron chi connectivity index (χ3n) is 2.80. The van der Waals surface area contributed by atoms with Crippen LogP contribution in [-0.4, -0.2) is 5.97 Å². The minimum atomic E-state index is -0.609. The molecule has 0 aliphatic heterocycles. The molecule has 0 saturated heterocycles. The average Bonchev–Trinajstić information content (AvgIpc) is 2.47. The quantitative estimate of drug-likeness (QED) is 0.681. The van der Waals surface area contributed by atoms with Crippen LogP contribution in [0, 0.1) is 17.1 Å².